The van der Waals surface area contributed by atoms with Gasteiger partial charge in [0.2, 0.25) is 0 Å². The van der Waals surface area contributed by atoms with Gasteiger partial charge in [0.15, 0.2) is 11.5 Å². The van der Waals surface area contributed by atoms with E-state index in [2.05, 4.69) is 12.2 Å². The Labute approximate surface area is 190 Å². The van der Waals surface area contributed by atoms with Crippen LogP contribution in [0.15, 0.2) is 36.4 Å². The zero-order valence-corrected chi connectivity index (χ0v) is 19.1. The molecule has 0 unspecified atom stereocenters. The van der Waals surface area contributed by atoms with Crippen LogP contribution in [-0.4, -0.2) is 50.9 Å². The predicted molar refractivity (Wildman–Crippen MR) is 126 cm³/mol. The van der Waals surface area contributed by atoms with E-state index in [-0.39, 0.29) is 6.03 Å². The van der Waals surface area contributed by atoms with Gasteiger partial charge in [0.05, 0.1) is 25.9 Å². The molecule has 2 aromatic carbocycles. The van der Waals surface area contributed by atoms with E-state index in [1.807, 2.05) is 46.2 Å². The third-order valence-electron chi connectivity index (χ3n) is 5.90. The normalized spacial score (nSPS) is 15.6. The third-order valence-corrected chi connectivity index (χ3v) is 5.90. The summed E-state index contributed by atoms with van der Waals surface area (Å²) in [5.74, 6) is 2.23. The van der Waals surface area contributed by atoms with Crippen LogP contribution in [0.2, 0.25) is 0 Å². The average molecular weight is 440 g/mol. The summed E-state index contributed by atoms with van der Waals surface area (Å²) >= 11 is 0. The molecule has 2 aromatic rings. The molecular weight excluding hydrogens is 406 g/mol. The molecule has 2 amide bonds. The molecule has 172 valence electrons. The van der Waals surface area contributed by atoms with Crippen LogP contribution in [0.5, 0.6) is 17.2 Å². The molecular formula is C25H33N3O4. The molecule has 0 saturated carbocycles. The van der Waals surface area contributed by atoms with Crippen molar-refractivity contribution < 1.29 is 19.0 Å². The number of fused-ring (bicyclic) bond motifs is 1. The van der Waals surface area contributed by atoms with Crippen molar-refractivity contribution in [1.82, 2.24) is 4.90 Å². The van der Waals surface area contributed by atoms with Gasteiger partial charge >= 0.3 is 6.03 Å². The van der Waals surface area contributed by atoms with E-state index in [4.69, 9.17) is 14.2 Å². The zero-order chi connectivity index (χ0) is 22.3. The van der Waals surface area contributed by atoms with Crippen molar-refractivity contribution in [3.05, 3.63) is 42.0 Å². The van der Waals surface area contributed by atoms with Gasteiger partial charge in [-0.1, -0.05) is 31.9 Å². The molecule has 2 aliphatic heterocycles. The summed E-state index contributed by atoms with van der Waals surface area (Å²) in [4.78, 5) is 17.1. The Morgan fingerprint density at radius 3 is 2.88 bits per heavy atom. The summed E-state index contributed by atoms with van der Waals surface area (Å²) in [6.45, 7) is 6.18. The summed E-state index contributed by atoms with van der Waals surface area (Å²) < 4.78 is 17.3. The van der Waals surface area contributed by atoms with Crippen LogP contribution in [0.25, 0.3) is 0 Å². The first-order valence-corrected chi connectivity index (χ1v) is 11.6. The minimum absolute atomic E-state index is 0.000258. The van der Waals surface area contributed by atoms with E-state index in [1.54, 1.807) is 7.11 Å². The van der Waals surface area contributed by atoms with E-state index >= 15 is 0 Å². The van der Waals surface area contributed by atoms with E-state index in [9.17, 15) is 4.79 Å². The number of unbranched alkanes of at least 4 members (excludes halogenated alkanes) is 2. The zero-order valence-electron chi connectivity index (χ0n) is 19.1. The largest absolute Gasteiger partial charge is 0.493 e. The number of hydrogen-bond acceptors (Lipinski definition) is 5. The van der Waals surface area contributed by atoms with Gasteiger partial charge in [-0.25, -0.2) is 4.79 Å². The molecule has 0 bridgehead atoms. The Bertz CT molecular complexity index is 933. The second kappa shape index (κ2) is 10.5. The SMILES string of the molecule is CCCCCOc1cc(N2CCCN(Cc3cccc4c3OCCN4)C2=O)ccc1OC. The van der Waals surface area contributed by atoms with Crippen LogP contribution in [0.1, 0.15) is 38.2 Å². The van der Waals surface area contributed by atoms with Gasteiger partial charge in [-0.2, -0.15) is 0 Å². The quantitative estimate of drug-likeness (QED) is 0.563. The molecule has 1 N–H and O–H groups in total. The molecule has 0 spiro atoms. The Morgan fingerprint density at radius 2 is 2.03 bits per heavy atom. The van der Waals surface area contributed by atoms with Gasteiger partial charge in [0.25, 0.3) is 0 Å². The van der Waals surface area contributed by atoms with Gasteiger partial charge in [0.1, 0.15) is 12.4 Å². The van der Waals surface area contributed by atoms with Crippen molar-refractivity contribution in [2.75, 3.05) is 50.2 Å². The molecule has 0 radical (unpaired) electrons. The van der Waals surface area contributed by atoms with Crippen molar-refractivity contribution in [2.45, 2.75) is 39.2 Å². The molecule has 7 heteroatoms. The first kappa shape index (κ1) is 22.1. The molecule has 0 atom stereocenters. The maximum atomic E-state index is 13.4. The topological polar surface area (TPSA) is 63.3 Å². The van der Waals surface area contributed by atoms with Gasteiger partial charge in [-0.05, 0) is 31.0 Å². The average Bonchev–Trinajstić information content (AvgIpc) is 2.83. The van der Waals surface area contributed by atoms with Crippen LogP contribution < -0.4 is 24.4 Å². The van der Waals surface area contributed by atoms with Gasteiger partial charge in [0, 0.05) is 37.0 Å². The number of carbonyl (C=O) groups is 1. The minimum Gasteiger partial charge on any atom is -0.493 e. The summed E-state index contributed by atoms with van der Waals surface area (Å²) in [7, 11) is 1.64. The number of benzene rings is 2. The lowest BCUT2D eigenvalue weighted by Crippen LogP contribution is -2.49. The van der Waals surface area contributed by atoms with Crippen LogP contribution >= 0.6 is 0 Å². The fourth-order valence-electron chi connectivity index (χ4n) is 4.21. The van der Waals surface area contributed by atoms with Crippen molar-refractivity contribution in [1.29, 1.82) is 0 Å². The molecule has 0 aliphatic carbocycles. The molecule has 0 aromatic heterocycles. The molecule has 2 heterocycles. The molecule has 7 nitrogen and oxygen atoms in total. The number of methoxy groups -OCH3 is 1. The monoisotopic (exact) mass is 439 g/mol. The lowest BCUT2D eigenvalue weighted by atomic mass is 10.1. The second-order valence-electron chi connectivity index (χ2n) is 8.17. The first-order chi connectivity index (χ1) is 15.7. The maximum absolute atomic E-state index is 13.4. The van der Waals surface area contributed by atoms with Crippen LogP contribution in [0.4, 0.5) is 16.2 Å². The number of anilines is 2. The highest BCUT2D eigenvalue weighted by Gasteiger charge is 2.29. The number of nitrogens with zero attached hydrogens (tertiary/aromatic N) is 2. The summed E-state index contributed by atoms with van der Waals surface area (Å²) in [5.41, 5.74) is 2.86. The lowest BCUT2D eigenvalue weighted by molar-refractivity contribution is 0.191. The van der Waals surface area contributed by atoms with Crippen LogP contribution in [-0.2, 0) is 6.54 Å². The van der Waals surface area contributed by atoms with Gasteiger partial charge < -0.3 is 24.4 Å². The number of para-hydroxylation sites is 1. The highest BCUT2D eigenvalue weighted by molar-refractivity contribution is 5.93. The number of urea groups is 1. The lowest BCUT2D eigenvalue weighted by Gasteiger charge is -2.36. The van der Waals surface area contributed by atoms with E-state index in [0.717, 1.165) is 61.5 Å². The number of nitrogens with one attached hydrogen (secondary N) is 1. The van der Waals surface area contributed by atoms with Crippen molar-refractivity contribution in [2.24, 2.45) is 0 Å². The molecule has 1 saturated heterocycles. The fourth-order valence-corrected chi connectivity index (χ4v) is 4.21. The molecule has 2 aliphatic rings. The smallest absolute Gasteiger partial charge is 0.324 e. The Balaban J connectivity index is 1.49. The van der Waals surface area contributed by atoms with Gasteiger partial charge in [-0.3, -0.25) is 4.90 Å². The fraction of sp³-hybridized carbons (Fsp3) is 0.480. The van der Waals surface area contributed by atoms with E-state index in [0.29, 0.717) is 37.8 Å². The number of ether oxygens (including phenoxy) is 3. The highest BCUT2D eigenvalue weighted by Crippen LogP contribution is 2.35. The summed E-state index contributed by atoms with van der Waals surface area (Å²) in [6, 6.07) is 11.8. The number of amides is 2. The summed E-state index contributed by atoms with van der Waals surface area (Å²) in [6.07, 6.45) is 4.17. The van der Waals surface area contributed by atoms with Crippen molar-refractivity contribution >= 4 is 17.4 Å². The molecule has 1 fully saturated rings. The Kier molecular flexibility index (Phi) is 7.24. The number of hydrogen-bond donors (Lipinski definition) is 1. The minimum atomic E-state index is -0.000258. The first-order valence-electron chi connectivity index (χ1n) is 11.6. The second-order valence-corrected chi connectivity index (χ2v) is 8.17. The Morgan fingerprint density at radius 1 is 1.12 bits per heavy atom. The van der Waals surface area contributed by atoms with E-state index in [1.165, 1.54) is 0 Å². The molecule has 32 heavy (non-hydrogen) atoms. The highest BCUT2D eigenvalue weighted by atomic mass is 16.5. The van der Waals surface area contributed by atoms with Gasteiger partial charge in [-0.15, -0.1) is 0 Å². The van der Waals surface area contributed by atoms with Crippen molar-refractivity contribution in [3.63, 3.8) is 0 Å². The maximum Gasteiger partial charge on any atom is 0.324 e. The summed E-state index contributed by atoms with van der Waals surface area (Å²) in [5, 5.41) is 3.36. The predicted octanol–water partition coefficient (Wildman–Crippen LogP) is 4.90. The van der Waals surface area contributed by atoms with E-state index < -0.39 is 0 Å². The van der Waals surface area contributed by atoms with Crippen LogP contribution in [0, 0.1) is 0 Å². The van der Waals surface area contributed by atoms with Crippen LogP contribution in [0.3, 0.4) is 0 Å². The standard InChI is InChI=1S/C25H33N3O4/c1-3-4-5-15-31-23-17-20(10-11-22(23)30-2)28-14-7-13-27(25(28)29)18-19-8-6-9-21-24(19)32-16-12-26-21/h6,8-11,17,26H,3-5,7,12-16,18H2,1-2H3. The third kappa shape index (κ3) is 4.87. The Hall–Kier alpha value is -3.09. The molecule has 4 rings (SSSR count). The number of carbonyl (C=O) groups excluding carboxylic acids is 1. The van der Waals surface area contributed by atoms with Crippen molar-refractivity contribution in [3.8, 4) is 17.2 Å². The number of rotatable bonds is 9.